The zero-order valence-electron chi connectivity index (χ0n) is 19.5. The van der Waals surface area contributed by atoms with Crippen molar-refractivity contribution in [3.05, 3.63) is 41.0 Å². The molecule has 0 heterocycles. The van der Waals surface area contributed by atoms with E-state index in [9.17, 15) is 4.79 Å². The minimum atomic E-state index is -0.212. The largest absolute Gasteiger partial charge is 0.493 e. The standard InChI is InChI=1S/C24H31NO6/c1-9-31-19-11-10-16(13-18(19)25(3)4)12-15(2)21(26)17-14-20(27-5)23(29-7)24(30-8)22(17)28-6/h10-14H,9H2,1-8H3. The predicted octanol–water partition coefficient (Wildman–Crippen LogP) is 4.47. The van der Waals surface area contributed by atoms with Gasteiger partial charge in [0.05, 0.1) is 46.3 Å². The molecule has 7 heteroatoms. The van der Waals surface area contributed by atoms with E-state index in [1.807, 2.05) is 50.2 Å². The van der Waals surface area contributed by atoms with Crippen LogP contribution in [0.15, 0.2) is 29.8 Å². The number of methoxy groups -OCH3 is 4. The molecular weight excluding hydrogens is 398 g/mol. The average molecular weight is 430 g/mol. The van der Waals surface area contributed by atoms with Crippen molar-refractivity contribution in [3.63, 3.8) is 0 Å². The number of ketones is 1. The maximum atomic E-state index is 13.3. The summed E-state index contributed by atoms with van der Waals surface area (Å²) in [5.74, 6) is 1.92. The van der Waals surface area contributed by atoms with Gasteiger partial charge in [-0.1, -0.05) is 6.07 Å². The van der Waals surface area contributed by atoms with Gasteiger partial charge in [0.25, 0.3) is 0 Å². The van der Waals surface area contributed by atoms with Crippen LogP contribution in [0.5, 0.6) is 28.7 Å². The van der Waals surface area contributed by atoms with Crippen LogP contribution in [0, 0.1) is 0 Å². The van der Waals surface area contributed by atoms with E-state index in [0.717, 1.165) is 17.0 Å². The van der Waals surface area contributed by atoms with E-state index in [-0.39, 0.29) is 5.78 Å². The molecule has 0 saturated heterocycles. The third-order valence-corrected chi connectivity index (χ3v) is 4.74. The molecular formula is C24H31NO6. The van der Waals surface area contributed by atoms with Crippen molar-refractivity contribution in [2.45, 2.75) is 13.8 Å². The summed E-state index contributed by atoms with van der Waals surface area (Å²) in [6, 6.07) is 7.40. The maximum absolute atomic E-state index is 13.3. The topological polar surface area (TPSA) is 66.5 Å². The second-order valence-electron chi connectivity index (χ2n) is 6.94. The first-order chi connectivity index (χ1) is 14.8. The summed E-state index contributed by atoms with van der Waals surface area (Å²) in [6.45, 7) is 4.28. The summed E-state index contributed by atoms with van der Waals surface area (Å²) >= 11 is 0. The molecule has 0 radical (unpaired) electrons. The quantitative estimate of drug-likeness (QED) is 0.408. The Bertz CT molecular complexity index is 965. The fourth-order valence-electron chi connectivity index (χ4n) is 3.28. The molecule has 0 bridgehead atoms. The second-order valence-corrected chi connectivity index (χ2v) is 6.94. The van der Waals surface area contributed by atoms with Crippen LogP contribution in [0.1, 0.15) is 29.8 Å². The van der Waals surface area contributed by atoms with Gasteiger partial charge in [-0.05, 0) is 49.3 Å². The van der Waals surface area contributed by atoms with Crippen molar-refractivity contribution in [3.8, 4) is 28.7 Å². The van der Waals surface area contributed by atoms with Gasteiger partial charge in [-0.25, -0.2) is 0 Å². The van der Waals surface area contributed by atoms with Crippen molar-refractivity contribution in [1.29, 1.82) is 0 Å². The Kier molecular flexibility index (Phi) is 8.19. The number of hydrogen-bond acceptors (Lipinski definition) is 7. The lowest BCUT2D eigenvalue weighted by atomic mass is 9.99. The van der Waals surface area contributed by atoms with Gasteiger partial charge in [-0.15, -0.1) is 0 Å². The van der Waals surface area contributed by atoms with E-state index in [2.05, 4.69) is 0 Å². The molecule has 0 fully saturated rings. The lowest BCUT2D eigenvalue weighted by molar-refractivity contribution is 0.103. The van der Waals surface area contributed by atoms with Crippen LogP contribution in [0.4, 0.5) is 5.69 Å². The third-order valence-electron chi connectivity index (χ3n) is 4.74. The van der Waals surface area contributed by atoms with Crippen LogP contribution in [0.3, 0.4) is 0 Å². The molecule has 168 valence electrons. The number of carbonyl (C=O) groups is 1. The van der Waals surface area contributed by atoms with Crippen LogP contribution in [0.25, 0.3) is 6.08 Å². The molecule has 0 aliphatic heterocycles. The number of ether oxygens (including phenoxy) is 5. The molecule has 2 aromatic rings. The predicted molar refractivity (Wildman–Crippen MR) is 123 cm³/mol. The molecule has 0 saturated carbocycles. The monoisotopic (exact) mass is 429 g/mol. The Morgan fingerprint density at radius 1 is 0.903 bits per heavy atom. The number of rotatable bonds is 10. The van der Waals surface area contributed by atoms with Crippen molar-refractivity contribution >= 4 is 17.5 Å². The molecule has 7 nitrogen and oxygen atoms in total. The highest BCUT2D eigenvalue weighted by molar-refractivity contribution is 6.13. The van der Waals surface area contributed by atoms with E-state index in [1.54, 1.807) is 13.0 Å². The number of anilines is 1. The molecule has 0 aliphatic rings. The van der Waals surface area contributed by atoms with Crippen LogP contribution in [-0.2, 0) is 0 Å². The Morgan fingerprint density at radius 3 is 2.06 bits per heavy atom. The number of nitrogens with zero attached hydrogens (tertiary/aromatic N) is 1. The van der Waals surface area contributed by atoms with Gasteiger partial charge in [-0.3, -0.25) is 4.79 Å². The molecule has 0 aromatic heterocycles. The van der Waals surface area contributed by atoms with Crippen molar-refractivity contribution < 1.29 is 28.5 Å². The first-order valence-electron chi connectivity index (χ1n) is 9.86. The molecule has 0 N–H and O–H groups in total. The molecule has 2 rings (SSSR count). The van der Waals surface area contributed by atoms with Crippen LogP contribution >= 0.6 is 0 Å². The third kappa shape index (κ3) is 5.05. The van der Waals surface area contributed by atoms with Gasteiger partial charge in [0.1, 0.15) is 5.75 Å². The Morgan fingerprint density at radius 2 is 1.55 bits per heavy atom. The molecule has 0 amide bonds. The summed E-state index contributed by atoms with van der Waals surface area (Å²) in [5, 5.41) is 0. The van der Waals surface area contributed by atoms with Gasteiger partial charge in [0, 0.05) is 14.1 Å². The summed E-state index contributed by atoms with van der Waals surface area (Å²) in [6.07, 6.45) is 1.83. The number of hydrogen-bond donors (Lipinski definition) is 0. The normalized spacial score (nSPS) is 11.0. The zero-order valence-corrected chi connectivity index (χ0v) is 19.5. The first kappa shape index (κ1) is 23.9. The highest BCUT2D eigenvalue weighted by Gasteiger charge is 2.25. The van der Waals surface area contributed by atoms with Crippen molar-refractivity contribution in [2.24, 2.45) is 0 Å². The minimum absolute atomic E-state index is 0.212. The van der Waals surface area contributed by atoms with Crippen molar-refractivity contribution in [2.75, 3.05) is 54.0 Å². The van der Waals surface area contributed by atoms with Gasteiger partial charge < -0.3 is 28.6 Å². The summed E-state index contributed by atoms with van der Waals surface area (Å²) < 4.78 is 27.4. The Labute approximate surface area is 184 Å². The molecule has 0 spiro atoms. The SMILES string of the molecule is CCOc1ccc(C=C(C)C(=O)c2cc(OC)c(OC)c(OC)c2OC)cc1N(C)C. The molecule has 0 atom stereocenters. The number of allylic oxidation sites excluding steroid dienone is 1. The first-order valence-corrected chi connectivity index (χ1v) is 9.86. The molecule has 2 aromatic carbocycles. The van der Waals surface area contributed by atoms with Crippen molar-refractivity contribution in [1.82, 2.24) is 0 Å². The highest BCUT2D eigenvalue weighted by Crippen LogP contribution is 2.47. The van der Waals surface area contributed by atoms with E-state index in [1.165, 1.54) is 28.4 Å². The van der Waals surface area contributed by atoms with Gasteiger partial charge in [0.2, 0.25) is 11.5 Å². The van der Waals surface area contributed by atoms with Gasteiger partial charge in [0.15, 0.2) is 17.3 Å². The lowest BCUT2D eigenvalue weighted by Gasteiger charge is -2.19. The summed E-state index contributed by atoms with van der Waals surface area (Å²) in [4.78, 5) is 15.3. The molecule has 0 aliphatic carbocycles. The Hall–Kier alpha value is -3.35. The van der Waals surface area contributed by atoms with E-state index in [0.29, 0.717) is 40.7 Å². The number of carbonyl (C=O) groups excluding carboxylic acids is 1. The van der Waals surface area contributed by atoms with Crippen LogP contribution < -0.4 is 28.6 Å². The summed E-state index contributed by atoms with van der Waals surface area (Å²) in [5.41, 5.74) is 2.66. The van der Waals surface area contributed by atoms with Gasteiger partial charge >= 0.3 is 0 Å². The van der Waals surface area contributed by atoms with E-state index >= 15 is 0 Å². The lowest BCUT2D eigenvalue weighted by Crippen LogP contribution is -2.11. The zero-order chi connectivity index (χ0) is 23.1. The smallest absolute Gasteiger partial charge is 0.208 e. The number of Topliss-reactive ketones (excluding diaryl/α,β-unsaturated/α-hetero) is 1. The number of benzene rings is 2. The van der Waals surface area contributed by atoms with E-state index in [4.69, 9.17) is 23.7 Å². The summed E-state index contributed by atoms with van der Waals surface area (Å²) in [7, 11) is 9.87. The van der Waals surface area contributed by atoms with E-state index < -0.39 is 0 Å². The van der Waals surface area contributed by atoms with Gasteiger partial charge in [-0.2, -0.15) is 0 Å². The second kappa shape index (κ2) is 10.6. The average Bonchev–Trinajstić information content (AvgIpc) is 2.77. The highest BCUT2D eigenvalue weighted by atomic mass is 16.5. The fourth-order valence-corrected chi connectivity index (χ4v) is 3.28. The maximum Gasteiger partial charge on any atom is 0.208 e. The fraction of sp³-hybridized carbons (Fsp3) is 0.375. The molecule has 0 unspecified atom stereocenters. The van der Waals surface area contributed by atoms with Crippen LogP contribution in [-0.4, -0.2) is 54.9 Å². The Balaban J connectivity index is 2.54. The minimum Gasteiger partial charge on any atom is -0.493 e. The molecule has 31 heavy (non-hydrogen) atoms. The van der Waals surface area contributed by atoms with Crippen LogP contribution in [0.2, 0.25) is 0 Å².